The van der Waals surface area contributed by atoms with Crippen molar-refractivity contribution in [2.45, 2.75) is 20.3 Å². The van der Waals surface area contributed by atoms with Gasteiger partial charge in [-0.25, -0.2) is 4.79 Å². The van der Waals surface area contributed by atoms with Crippen molar-refractivity contribution in [3.8, 4) is 0 Å². The van der Waals surface area contributed by atoms with E-state index in [-0.39, 0.29) is 6.54 Å². The second kappa shape index (κ2) is 4.49. The highest BCUT2D eigenvalue weighted by molar-refractivity contribution is 6.18. The molecule has 0 spiro atoms. The maximum absolute atomic E-state index is 12.1. The van der Waals surface area contributed by atoms with E-state index < -0.39 is 23.3 Å². The van der Waals surface area contributed by atoms with Crippen molar-refractivity contribution in [2.75, 3.05) is 6.54 Å². The lowest BCUT2D eigenvalue weighted by Crippen LogP contribution is -2.62. The lowest BCUT2D eigenvalue weighted by molar-refractivity contribution is -0.148. The molecule has 1 aliphatic rings. The zero-order valence-corrected chi connectivity index (χ0v) is 11.1. The molecule has 7 nitrogen and oxygen atoms in total. The minimum Gasteiger partial charge on any atom is -0.277 e. The lowest BCUT2D eigenvalue weighted by Gasteiger charge is -2.34. The molecule has 2 heterocycles. The molecule has 0 bridgehead atoms. The number of nitrogens with zero attached hydrogens (tertiary/aromatic N) is 3. The van der Waals surface area contributed by atoms with Crippen LogP contribution in [0.25, 0.3) is 0 Å². The number of imide groups is 2. The quantitative estimate of drug-likeness (QED) is 0.783. The van der Waals surface area contributed by atoms with Gasteiger partial charge in [-0.15, -0.1) is 0 Å². The van der Waals surface area contributed by atoms with Gasteiger partial charge in [-0.1, -0.05) is 0 Å². The van der Waals surface area contributed by atoms with Gasteiger partial charge in [-0.3, -0.25) is 24.5 Å². The Bertz CT molecular complexity index is 547. The first-order valence-electron chi connectivity index (χ1n) is 5.98. The van der Waals surface area contributed by atoms with Crippen LogP contribution in [0.5, 0.6) is 0 Å². The molecule has 0 aromatic carbocycles. The number of barbiturate groups is 1. The van der Waals surface area contributed by atoms with E-state index >= 15 is 0 Å². The van der Waals surface area contributed by atoms with E-state index in [1.165, 1.54) is 13.8 Å². The van der Waals surface area contributed by atoms with Crippen LogP contribution in [0.1, 0.15) is 19.5 Å². The van der Waals surface area contributed by atoms with Crippen molar-refractivity contribution in [3.05, 3.63) is 18.0 Å². The molecule has 0 unspecified atom stereocenters. The summed E-state index contributed by atoms with van der Waals surface area (Å²) in [7, 11) is 1.80. The topological polar surface area (TPSA) is 84.3 Å². The first-order chi connectivity index (χ1) is 8.82. The van der Waals surface area contributed by atoms with Gasteiger partial charge in [0.15, 0.2) is 0 Å². The van der Waals surface area contributed by atoms with Gasteiger partial charge in [0.25, 0.3) is 0 Å². The highest BCUT2D eigenvalue weighted by atomic mass is 16.2. The van der Waals surface area contributed by atoms with Crippen molar-refractivity contribution >= 4 is 17.8 Å². The van der Waals surface area contributed by atoms with E-state index in [0.29, 0.717) is 6.42 Å². The third-order valence-corrected chi connectivity index (χ3v) is 3.17. The molecule has 19 heavy (non-hydrogen) atoms. The fraction of sp³-hybridized carbons (Fsp3) is 0.500. The van der Waals surface area contributed by atoms with Crippen molar-refractivity contribution in [3.63, 3.8) is 0 Å². The van der Waals surface area contributed by atoms with Crippen LogP contribution < -0.4 is 5.32 Å². The van der Waals surface area contributed by atoms with Gasteiger partial charge in [0.2, 0.25) is 11.8 Å². The molecule has 0 atom stereocenters. The first-order valence-corrected chi connectivity index (χ1v) is 5.98. The largest absolute Gasteiger partial charge is 0.330 e. The Morgan fingerprint density at radius 1 is 1.32 bits per heavy atom. The number of carbonyl (C=O) groups is 3. The molecule has 0 aliphatic carbocycles. The van der Waals surface area contributed by atoms with E-state index in [0.717, 1.165) is 10.6 Å². The second-order valence-electron chi connectivity index (χ2n) is 5.07. The molecular formula is C12H16N4O3. The van der Waals surface area contributed by atoms with Gasteiger partial charge in [0, 0.05) is 26.2 Å². The normalized spacial score (nSPS) is 18.7. The predicted octanol–water partition coefficient (Wildman–Crippen LogP) is 0.0672. The third-order valence-electron chi connectivity index (χ3n) is 3.17. The number of amides is 4. The van der Waals surface area contributed by atoms with Crippen LogP contribution in [0.2, 0.25) is 0 Å². The minimum absolute atomic E-state index is 0.207. The summed E-state index contributed by atoms with van der Waals surface area (Å²) in [6.07, 6.45) is 2.26. The Kier molecular flexibility index (Phi) is 3.13. The molecular weight excluding hydrogens is 248 g/mol. The predicted molar refractivity (Wildman–Crippen MR) is 65.9 cm³/mol. The number of nitrogens with one attached hydrogen (secondary N) is 1. The van der Waals surface area contributed by atoms with E-state index in [4.69, 9.17) is 0 Å². The number of aromatic nitrogens is 2. The fourth-order valence-corrected chi connectivity index (χ4v) is 1.87. The summed E-state index contributed by atoms with van der Waals surface area (Å²) in [6.45, 7) is 3.22. The summed E-state index contributed by atoms with van der Waals surface area (Å²) in [5, 5.41) is 6.37. The third kappa shape index (κ3) is 2.35. The molecule has 1 fully saturated rings. The lowest BCUT2D eigenvalue weighted by atomic mass is 9.89. The molecule has 102 valence electrons. The van der Waals surface area contributed by atoms with E-state index in [2.05, 4.69) is 10.4 Å². The molecule has 1 aromatic rings. The van der Waals surface area contributed by atoms with Crippen LogP contribution in [0.3, 0.4) is 0 Å². The van der Waals surface area contributed by atoms with Gasteiger partial charge < -0.3 is 0 Å². The Morgan fingerprint density at radius 3 is 2.58 bits per heavy atom. The summed E-state index contributed by atoms with van der Waals surface area (Å²) < 4.78 is 1.65. The van der Waals surface area contributed by atoms with Crippen molar-refractivity contribution in [1.82, 2.24) is 20.0 Å². The molecule has 0 saturated carbocycles. The minimum atomic E-state index is -1.21. The summed E-state index contributed by atoms with van der Waals surface area (Å²) in [4.78, 5) is 36.4. The Morgan fingerprint density at radius 2 is 2.00 bits per heavy atom. The van der Waals surface area contributed by atoms with Crippen molar-refractivity contribution in [2.24, 2.45) is 12.5 Å². The first kappa shape index (κ1) is 13.3. The molecule has 7 heteroatoms. The van der Waals surface area contributed by atoms with E-state index in [9.17, 15) is 14.4 Å². The van der Waals surface area contributed by atoms with Gasteiger partial charge in [0.1, 0.15) is 5.41 Å². The van der Waals surface area contributed by atoms with Gasteiger partial charge in [0.05, 0.1) is 5.69 Å². The maximum atomic E-state index is 12.1. The van der Waals surface area contributed by atoms with E-state index in [1.807, 2.05) is 6.07 Å². The number of rotatable bonds is 3. The summed E-state index contributed by atoms with van der Waals surface area (Å²) in [5.74, 6) is -1.03. The average Bonchev–Trinajstić information content (AvgIpc) is 2.73. The standard InChI is InChI=1S/C12H16N4O3/c1-12(2)9(17)13-11(19)16(10(12)18)7-5-8-4-6-15(3)14-8/h4,6H,5,7H2,1-3H3,(H,13,17,19). The molecule has 0 radical (unpaired) electrons. The van der Waals surface area contributed by atoms with Crippen LogP contribution in [0.15, 0.2) is 12.3 Å². The Hall–Kier alpha value is -2.18. The SMILES string of the molecule is Cn1ccc(CCN2C(=O)NC(=O)C(C)(C)C2=O)n1. The molecule has 1 N–H and O–H groups in total. The highest BCUT2D eigenvalue weighted by Gasteiger charge is 2.46. The smallest absolute Gasteiger partial charge is 0.277 e. The molecule has 1 aliphatic heterocycles. The zero-order chi connectivity index (χ0) is 14.2. The number of hydrogen-bond acceptors (Lipinski definition) is 4. The van der Waals surface area contributed by atoms with Crippen LogP contribution in [-0.2, 0) is 23.1 Å². The number of urea groups is 1. The van der Waals surface area contributed by atoms with Crippen LogP contribution in [0.4, 0.5) is 4.79 Å². The van der Waals surface area contributed by atoms with E-state index in [1.54, 1.807) is 17.9 Å². The Labute approximate surface area is 110 Å². The summed E-state index contributed by atoms with van der Waals surface area (Å²) >= 11 is 0. The second-order valence-corrected chi connectivity index (χ2v) is 5.07. The molecule has 2 rings (SSSR count). The number of carbonyl (C=O) groups excluding carboxylic acids is 3. The van der Waals surface area contributed by atoms with Gasteiger partial charge >= 0.3 is 6.03 Å². The molecule has 1 aromatic heterocycles. The number of hydrogen-bond donors (Lipinski definition) is 1. The van der Waals surface area contributed by atoms with Crippen LogP contribution in [0, 0.1) is 5.41 Å². The Balaban J connectivity index is 2.09. The monoisotopic (exact) mass is 264 g/mol. The molecule has 4 amide bonds. The van der Waals surface area contributed by atoms with Crippen molar-refractivity contribution in [1.29, 1.82) is 0 Å². The van der Waals surface area contributed by atoms with Crippen LogP contribution >= 0.6 is 0 Å². The summed E-state index contributed by atoms with van der Waals surface area (Å²) in [5.41, 5.74) is -0.421. The summed E-state index contributed by atoms with van der Waals surface area (Å²) in [6, 6.07) is 1.16. The van der Waals surface area contributed by atoms with Crippen molar-refractivity contribution < 1.29 is 14.4 Å². The highest BCUT2D eigenvalue weighted by Crippen LogP contribution is 2.23. The zero-order valence-electron chi connectivity index (χ0n) is 11.1. The number of aryl methyl sites for hydroxylation is 1. The van der Waals surface area contributed by atoms with Gasteiger partial charge in [-0.05, 0) is 19.9 Å². The molecule has 1 saturated heterocycles. The van der Waals surface area contributed by atoms with Crippen LogP contribution in [-0.4, -0.2) is 39.1 Å². The maximum Gasteiger partial charge on any atom is 0.330 e. The van der Waals surface area contributed by atoms with Gasteiger partial charge in [-0.2, -0.15) is 5.10 Å². The average molecular weight is 264 g/mol. The fourth-order valence-electron chi connectivity index (χ4n) is 1.87.